The van der Waals surface area contributed by atoms with E-state index >= 15 is 0 Å². The van der Waals surface area contributed by atoms with E-state index in [9.17, 15) is 4.79 Å². The molecule has 4 rings (SSSR count). The Hall–Kier alpha value is -3.59. The minimum Gasteiger partial charge on any atom is -0.375 e. The zero-order chi connectivity index (χ0) is 21.3. The molecule has 0 bridgehead atoms. The molecule has 1 aliphatic rings. The van der Waals surface area contributed by atoms with Gasteiger partial charge in [-0.3, -0.25) is 4.79 Å². The molecule has 0 radical (unpaired) electrons. The summed E-state index contributed by atoms with van der Waals surface area (Å²) in [4.78, 5) is 22.5. The maximum absolute atomic E-state index is 12.7. The van der Waals surface area contributed by atoms with Gasteiger partial charge >= 0.3 is 0 Å². The number of carbonyl (C=O) groups is 1. The number of aryl methyl sites for hydroxylation is 1. The molecule has 0 saturated carbocycles. The molecule has 6 nitrogen and oxygen atoms in total. The number of nitrogens with zero attached hydrogens (tertiary/aromatic N) is 3. The lowest BCUT2D eigenvalue weighted by molar-refractivity contribution is 0.0792. The molecule has 1 aliphatic heterocycles. The highest BCUT2D eigenvalue weighted by atomic mass is 16.2. The zero-order valence-electron chi connectivity index (χ0n) is 17.3. The van der Waals surface area contributed by atoms with Crippen LogP contribution in [0.2, 0.25) is 0 Å². The molecule has 1 saturated heterocycles. The van der Waals surface area contributed by atoms with E-state index in [4.69, 9.17) is 5.26 Å². The molecular weight excluding hydrogens is 374 g/mol. The number of amides is 1. The molecule has 2 heterocycles. The highest BCUT2D eigenvalue weighted by molar-refractivity contribution is 5.96. The van der Waals surface area contributed by atoms with E-state index in [1.54, 1.807) is 12.1 Å². The molecule has 1 atom stereocenters. The summed E-state index contributed by atoms with van der Waals surface area (Å²) in [7, 11) is 0. The molecule has 1 unspecified atom stereocenters. The third kappa shape index (κ3) is 3.79. The molecule has 2 aromatic carbocycles. The second-order valence-corrected chi connectivity index (χ2v) is 7.84. The monoisotopic (exact) mass is 399 g/mol. The van der Waals surface area contributed by atoms with E-state index in [0.717, 1.165) is 65.2 Å². The molecule has 0 spiro atoms. The number of aromatic amines is 1. The quantitative estimate of drug-likeness (QED) is 0.670. The van der Waals surface area contributed by atoms with Crippen LogP contribution >= 0.6 is 0 Å². The van der Waals surface area contributed by atoms with Crippen molar-refractivity contribution in [2.24, 2.45) is 0 Å². The average Bonchev–Trinajstić information content (AvgIpc) is 3.42. The average molecular weight is 399 g/mol. The Labute approximate surface area is 176 Å². The molecule has 30 heavy (non-hydrogen) atoms. The topological polar surface area (TPSA) is 84.8 Å². The fourth-order valence-electron chi connectivity index (χ4n) is 3.90. The van der Waals surface area contributed by atoms with Crippen LogP contribution in [0.1, 0.15) is 58.7 Å². The van der Waals surface area contributed by atoms with Crippen molar-refractivity contribution in [2.75, 3.05) is 13.1 Å². The lowest BCUT2D eigenvalue weighted by Gasteiger charge is -2.19. The predicted molar refractivity (Wildman–Crippen MR) is 118 cm³/mol. The van der Waals surface area contributed by atoms with Gasteiger partial charge in [-0.25, -0.2) is 4.98 Å². The number of hydrogen-bond acceptors (Lipinski definition) is 4. The number of likely N-dealkylation sites (tertiary alicyclic amines) is 1. The van der Waals surface area contributed by atoms with E-state index < -0.39 is 0 Å². The van der Waals surface area contributed by atoms with Crippen LogP contribution in [0.25, 0.3) is 16.7 Å². The first-order chi connectivity index (χ1) is 14.5. The fourth-order valence-corrected chi connectivity index (χ4v) is 3.90. The molecule has 1 amide bonds. The molecule has 0 aliphatic carbocycles. The van der Waals surface area contributed by atoms with Gasteiger partial charge in [-0.1, -0.05) is 12.6 Å². The number of benzene rings is 2. The molecule has 2 N–H and O–H groups in total. The molecule has 152 valence electrons. The van der Waals surface area contributed by atoms with Gasteiger partial charge in [0.2, 0.25) is 0 Å². The molecule has 1 fully saturated rings. The first-order valence-corrected chi connectivity index (χ1v) is 10.2. The van der Waals surface area contributed by atoms with Gasteiger partial charge in [0.1, 0.15) is 5.82 Å². The highest BCUT2D eigenvalue weighted by Crippen LogP contribution is 2.23. The number of nitriles is 1. The van der Waals surface area contributed by atoms with Gasteiger partial charge in [0, 0.05) is 24.4 Å². The SMILES string of the molecule is C=C(NC(C)c1nc2ccc(C#N)cc2[nH]1)c1ccc(C(=O)N2CCCC2)c(C)c1. The zero-order valence-corrected chi connectivity index (χ0v) is 17.3. The van der Waals surface area contributed by atoms with E-state index in [-0.39, 0.29) is 11.9 Å². The summed E-state index contributed by atoms with van der Waals surface area (Å²) in [5, 5.41) is 12.4. The summed E-state index contributed by atoms with van der Waals surface area (Å²) in [6.45, 7) is 9.84. The second-order valence-electron chi connectivity index (χ2n) is 7.84. The summed E-state index contributed by atoms with van der Waals surface area (Å²) in [6.07, 6.45) is 2.17. The number of aromatic nitrogens is 2. The minimum absolute atomic E-state index is 0.0957. The Morgan fingerprint density at radius 1 is 1.27 bits per heavy atom. The van der Waals surface area contributed by atoms with Crippen LogP contribution < -0.4 is 5.32 Å². The minimum atomic E-state index is -0.0957. The van der Waals surface area contributed by atoms with Crippen LogP contribution in [0, 0.1) is 18.3 Å². The van der Waals surface area contributed by atoms with E-state index in [0.29, 0.717) is 5.56 Å². The van der Waals surface area contributed by atoms with Gasteiger partial charge in [-0.05, 0) is 68.1 Å². The maximum Gasteiger partial charge on any atom is 0.254 e. The van der Waals surface area contributed by atoms with Crippen LogP contribution in [0.3, 0.4) is 0 Å². The Kier molecular flexibility index (Phi) is 5.28. The standard InChI is InChI=1S/C24H25N5O/c1-15-12-19(7-8-20(15)24(30)29-10-4-5-11-29)16(2)26-17(3)23-27-21-9-6-18(14-25)13-22(21)28-23/h6-9,12-13,17,26H,2,4-5,10-11H2,1,3H3,(H,27,28). The van der Waals surface area contributed by atoms with Crippen molar-refractivity contribution in [1.29, 1.82) is 5.26 Å². The van der Waals surface area contributed by atoms with Crippen molar-refractivity contribution < 1.29 is 4.79 Å². The third-order valence-corrected chi connectivity index (χ3v) is 5.63. The number of carbonyl (C=O) groups excluding carboxylic acids is 1. The predicted octanol–water partition coefficient (Wildman–Crippen LogP) is 4.30. The van der Waals surface area contributed by atoms with Gasteiger partial charge in [-0.15, -0.1) is 0 Å². The van der Waals surface area contributed by atoms with E-state index in [1.807, 2.05) is 43.0 Å². The lowest BCUT2D eigenvalue weighted by Crippen LogP contribution is -2.28. The normalized spacial score (nSPS) is 14.5. The van der Waals surface area contributed by atoms with Crippen molar-refractivity contribution >= 4 is 22.6 Å². The summed E-state index contributed by atoms with van der Waals surface area (Å²) in [6, 6.07) is 13.3. The van der Waals surface area contributed by atoms with Crippen LogP contribution in [-0.4, -0.2) is 33.9 Å². The van der Waals surface area contributed by atoms with Gasteiger partial charge < -0.3 is 15.2 Å². The first kappa shape index (κ1) is 19.7. The van der Waals surface area contributed by atoms with Gasteiger partial charge in [0.15, 0.2) is 0 Å². The van der Waals surface area contributed by atoms with Crippen LogP contribution in [0.5, 0.6) is 0 Å². The molecule has 6 heteroatoms. The summed E-state index contributed by atoms with van der Waals surface area (Å²) in [5.41, 5.74) is 5.68. The second kappa shape index (κ2) is 8.03. The Morgan fingerprint density at radius 2 is 2.03 bits per heavy atom. The Balaban J connectivity index is 1.48. The number of hydrogen-bond donors (Lipinski definition) is 2. The molecular formula is C24H25N5O. The highest BCUT2D eigenvalue weighted by Gasteiger charge is 2.21. The van der Waals surface area contributed by atoms with E-state index in [1.165, 1.54) is 0 Å². The Bertz CT molecular complexity index is 1160. The van der Waals surface area contributed by atoms with Crippen molar-refractivity contribution in [3.63, 3.8) is 0 Å². The number of nitrogens with one attached hydrogen (secondary N) is 2. The van der Waals surface area contributed by atoms with Crippen LogP contribution in [0.4, 0.5) is 0 Å². The van der Waals surface area contributed by atoms with Gasteiger partial charge in [0.05, 0.1) is 28.7 Å². The van der Waals surface area contributed by atoms with Crippen molar-refractivity contribution in [3.05, 3.63) is 71.1 Å². The van der Waals surface area contributed by atoms with Gasteiger partial charge in [-0.2, -0.15) is 5.26 Å². The van der Waals surface area contributed by atoms with Crippen LogP contribution in [-0.2, 0) is 0 Å². The lowest BCUT2D eigenvalue weighted by atomic mass is 10.0. The number of fused-ring (bicyclic) bond motifs is 1. The fraction of sp³-hybridized carbons (Fsp3) is 0.292. The molecule has 1 aromatic heterocycles. The summed E-state index contributed by atoms with van der Waals surface area (Å²) in [5.74, 6) is 0.890. The third-order valence-electron chi connectivity index (χ3n) is 5.63. The van der Waals surface area contributed by atoms with E-state index in [2.05, 4.69) is 27.9 Å². The maximum atomic E-state index is 12.7. The van der Waals surface area contributed by atoms with Crippen molar-refractivity contribution in [1.82, 2.24) is 20.2 Å². The number of imidazole rings is 1. The smallest absolute Gasteiger partial charge is 0.254 e. The van der Waals surface area contributed by atoms with Gasteiger partial charge in [0.25, 0.3) is 5.91 Å². The Morgan fingerprint density at radius 3 is 2.73 bits per heavy atom. The molecule has 3 aromatic rings. The largest absolute Gasteiger partial charge is 0.375 e. The van der Waals surface area contributed by atoms with Crippen molar-refractivity contribution in [2.45, 2.75) is 32.7 Å². The number of H-pyrrole nitrogens is 1. The van der Waals surface area contributed by atoms with Crippen molar-refractivity contribution in [3.8, 4) is 6.07 Å². The summed E-state index contributed by atoms with van der Waals surface area (Å²) < 4.78 is 0. The number of rotatable bonds is 5. The van der Waals surface area contributed by atoms with Crippen LogP contribution in [0.15, 0.2) is 43.0 Å². The first-order valence-electron chi connectivity index (χ1n) is 10.2. The summed E-state index contributed by atoms with van der Waals surface area (Å²) >= 11 is 0.